The van der Waals surface area contributed by atoms with Crippen LogP contribution in [0.25, 0.3) is 10.2 Å². The number of thiophene rings is 1. The van der Waals surface area contributed by atoms with Gasteiger partial charge in [0.1, 0.15) is 33.4 Å². The Morgan fingerprint density at radius 2 is 1.79 bits per heavy atom. The first-order chi connectivity index (χ1) is 13.5. The summed E-state index contributed by atoms with van der Waals surface area (Å²) in [5, 5.41) is 22.4. The predicted molar refractivity (Wildman–Crippen MR) is 108 cm³/mol. The Balaban J connectivity index is 0.000000320. The second kappa shape index (κ2) is 8.97. The van der Waals surface area contributed by atoms with Gasteiger partial charge in [-0.3, -0.25) is 0 Å². The van der Waals surface area contributed by atoms with E-state index in [1.807, 2.05) is 0 Å². The lowest BCUT2D eigenvalue weighted by Crippen LogP contribution is -1.97. The number of hydrogen-bond acceptors (Lipinski definition) is 6. The summed E-state index contributed by atoms with van der Waals surface area (Å²) in [4.78, 5) is 20.1. The molecule has 0 unspecified atom stereocenters. The van der Waals surface area contributed by atoms with Crippen LogP contribution >= 0.6 is 11.3 Å². The number of aromatic nitrogens is 2. The fourth-order valence-corrected chi connectivity index (χ4v) is 4.16. The van der Waals surface area contributed by atoms with E-state index in [9.17, 15) is 19.4 Å². The molecule has 0 bridgehead atoms. The number of aryl methyl sites for hydroxylation is 1. The third-order valence-corrected chi connectivity index (χ3v) is 5.82. The maximum atomic E-state index is 13.0. The van der Waals surface area contributed by atoms with Crippen LogP contribution in [0.4, 0.5) is 15.9 Å². The number of anilines is 2. The van der Waals surface area contributed by atoms with Crippen molar-refractivity contribution in [3.63, 3.8) is 0 Å². The molecule has 148 valence electrons. The van der Waals surface area contributed by atoms with Gasteiger partial charge in [-0.15, -0.1) is 11.3 Å². The largest absolute Gasteiger partial charge is 0.506 e. The van der Waals surface area contributed by atoms with E-state index in [1.165, 1.54) is 57.0 Å². The number of aromatic carboxylic acids is 1. The standard InChI is InChI=1S/C14H10FN3O3S.C6H12/c1-6-10-12(18-8-3-2-7(15)4-9(8)19)16-5-17-13(10)22-11(6)14(20)21;1-2-4-6-5-3-1/h2-5,19H,1H3,(H,20,21)(H,16,17,18);1-6H2. The molecular weight excluding hydrogens is 381 g/mol. The van der Waals surface area contributed by atoms with Gasteiger partial charge < -0.3 is 15.5 Å². The van der Waals surface area contributed by atoms with E-state index in [-0.39, 0.29) is 16.3 Å². The van der Waals surface area contributed by atoms with E-state index in [0.717, 1.165) is 17.4 Å². The van der Waals surface area contributed by atoms with Gasteiger partial charge in [0.2, 0.25) is 0 Å². The van der Waals surface area contributed by atoms with Crippen molar-refractivity contribution >= 4 is 39.0 Å². The molecule has 0 amide bonds. The maximum Gasteiger partial charge on any atom is 0.346 e. The highest BCUT2D eigenvalue weighted by Gasteiger charge is 2.19. The normalized spacial score (nSPS) is 13.6. The molecule has 0 aliphatic heterocycles. The lowest BCUT2D eigenvalue weighted by molar-refractivity contribution is 0.0701. The van der Waals surface area contributed by atoms with Crippen LogP contribution in [0.3, 0.4) is 0 Å². The lowest BCUT2D eigenvalue weighted by Gasteiger charge is -2.09. The molecule has 4 rings (SSSR count). The van der Waals surface area contributed by atoms with Crippen LogP contribution < -0.4 is 5.32 Å². The van der Waals surface area contributed by atoms with Crippen LogP contribution in [0.5, 0.6) is 5.75 Å². The summed E-state index contributed by atoms with van der Waals surface area (Å²) in [5.74, 6) is -1.50. The monoisotopic (exact) mass is 403 g/mol. The van der Waals surface area contributed by atoms with Crippen molar-refractivity contribution in [2.45, 2.75) is 45.4 Å². The smallest absolute Gasteiger partial charge is 0.346 e. The number of hydrogen-bond donors (Lipinski definition) is 3. The zero-order valence-electron chi connectivity index (χ0n) is 15.5. The fraction of sp³-hybridized carbons (Fsp3) is 0.350. The Hall–Kier alpha value is -2.74. The van der Waals surface area contributed by atoms with Gasteiger partial charge in [-0.2, -0.15) is 0 Å². The quantitative estimate of drug-likeness (QED) is 0.491. The molecule has 3 aromatic rings. The highest BCUT2D eigenvalue weighted by molar-refractivity contribution is 7.20. The molecule has 1 saturated carbocycles. The first kappa shape index (κ1) is 20.0. The Kier molecular flexibility index (Phi) is 6.41. The van der Waals surface area contributed by atoms with Gasteiger partial charge in [-0.25, -0.2) is 19.2 Å². The van der Waals surface area contributed by atoms with E-state index >= 15 is 0 Å². The summed E-state index contributed by atoms with van der Waals surface area (Å²) in [7, 11) is 0. The highest BCUT2D eigenvalue weighted by Crippen LogP contribution is 2.35. The zero-order chi connectivity index (χ0) is 20.1. The van der Waals surface area contributed by atoms with Crippen LogP contribution in [-0.4, -0.2) is 26.2 Å². The number of carboxylic acids is 1. The van der Waals surface area contributed by atoms with E-state index < -0.39 is 11.8 Å². The average molecular weight is 403 g/mol. The molecule has 8 heteroatoms. The molecule has 2 heterocycles. The Bertz CT molecular complexity index is 975. The molecule has 1 aliphatic carbocycles. The molecule has 3 N–H and O–H groups in total. The number of carboxylic acid groups (broad SMARTS) is 1. The molecule has 1 aromatic carbocycles. The van der Waals surface area contributed by atoms with Gasteiger partial charge in [0, 0.05) is 6.07 Å². The minimum Gasteiger partial charge on any atom is -0.506 e. The zero-order valence-corrected chi connectivity index (χ0v) is 16.4. The number of rotatable bonds is 3. The molecular formula is C20H22FN3O3S. The van der Waals surface area contributed by atoms with Crippen molar-refractivity contribution in [2.75, 3.05) is 5.32 Å². The van der Waals surface area contributed by atoms with Crippen molar-refractivity contribution in [3.05, 3.63) is 40.8 Å². The summed E-state index contributed by atoms with van der Waals surface area (Å²) in [5.41, 5.74) is 0.807. The van der Waals surface area contributed by atoms with Gasteiger partial charge in [-0.05, 0) is 24.6 Å². The molecule has 0 saturated heterocycles. The molecule has 6 nitrogen and oxygen atoms in total. The van der Waals surface area contributed by atoms with Crippen molar-refractivity contribution in [3.8, 4) is 5.75 Å². The summed E-state index contributed by atoms with van der Waals surface area (Å²) >= 11 is 1.05. The summed E-state index contributed by atoms with van der Waals surface area (Å²) in [6, 6.07) is 3.55. The Morgan fingerprint density at radius 1 is 1.14 bits per heavy atom. The second-order valence-electron chi connectivity index (χ2n) is 6.67. The molecule has 1 aliphatic rings. The number of nitrogens with zero attached hydrogens (tertiary/aromatic N) is 2. The first-order valence-corrected chi connectivity index (χ1v) is 10.0. The van der Waals surface area contributed by atoms with Crippen molar-refractivity contribution in [1.82, 2.24) is 9.97 Å². The number of halogens is 1. The van der Waals surface area contributed by atoms with E-state index in [1.54, 1.807) is 6.92 Å². The number of benzene rings is 1. The van der Waals surface area contributed by atoms with Crippen molar-refractivity contribution in [2.24, 2.45) is 0 Å². The molecule has 0 atom stereocenters. The SMILES string of the molecule is C1CCCCC1.Cc1c(C(=O)O)sc2ncnc(Nc3ccc(F)cc3O)c12. The second-order valence-corrected chi connectivity index (χ2v) is 7.67. The molecule has 2 aromatic heterocycles. The number of carbonyl (C=O) groups is 1. The number of nitrogens with one attached hydrogen (secondary N) is 1. The van der Waals surface area contributed by atoms with Gasteiger partial charge in [0.15, 0.2) is 0 Å². The summed E-state index contributed by atoms with van der Waals surface area (Å²) in [6.45, 7) is 1.67. The predicted octanol–water partition coefficient (Wildman–Crippen LogP) is 5.63. The van der Waals surface area contributed by atoms with Gasteiger partial charge in [-0.1, -0.05) is 38.5 Å². The number of fused-ring (bicyclic) bond motifs is 1. The van der Waals surface area contributed by atoms with Crippen LogP contribution in [0.1, 0.15) is 53.8 Å². The fourth-order valence-electron chi connectivity index (χ4n) is 3.17. The maximum absolute atomic E-state index is 13.0. The van der Waals surface area contributed by atoms with E-state index in [0.29, 0.717) is 21.6 Å². The van der Waals surface area contributed by atoms with E-state index in [2.05, 4.69) is 15.3 Å². The van der Waals surface area contributed by atoms with Crippen LogP contribution in [0, 0.1) is 12.7 Å². The van der Waals surface area contributed by atoms with Crippen molar-refractivity contribution < 1.29 is 19.4 Å². The van der Waals surface area contributed by atoms with E-state index in [4.69, 9.17) is 0 Å². The van der Waals surface area contributed by atoms with Crippen molar-refractivity contribution in [1.29, 1.82) is 0 Å². The molecule has 1 fully saturated rings. The van der Waals surface area contributed by atoms with Gasteiger partial charge in [0.05, 0.1) is 11.1 Å². The highest BCUT2D eigenvalue weighted by atomic mass is 32.1. The summed E-state index contributed by atoms with van der Waals surface area (Å²) < 4.78 is 13.0. The third-order valence-electron chi connectivity index (χ3n) is 4.63. The topological polar surface area (TPSA) is 95.3 Å². The first-order valence-electron chi connectivity index (χ1n) is 9.20. The average Bonchev–Trinajstić information content (AvgIpc) is 3.04. The number of aromatic hydroxyl groups is 1. The minimum atomic E-state index is -1.03. The Morgan fingerprint density at radius 3 is 2.36 bits per heavy atom. The number of phenols is 1. The van der Waals surface area contributed by atoms with Crippen LogP contribution in [0.2, 0.25) is 0 Å². The third kappa shape index (κ3) is 4.56. The molecule has 0 radical (unpaired) electrons. The molecule has 0 spiro atoms. The van der Waals surface area contributed by atoms with Gasteiger partial charge >= 0.3 is 5.97 Å². The summed E-state index contributed by atoms with van der Waals surface area (Å²) in [6.07, 6.45) is 10.3. The minimum absolute atomic E-state index is 0.182. The lowest BCUT2D eigenvalue weighted by atomic mass is 10.0. The van der Waals surface area contributed by atoms with Crippen LogP contribution in [-0.2, 0) is 0 Å². The van der Waals surface area contributed by atoms with Gasteiger partial charge in [0.25, 0.3) is 0 Å². The number of phenolic OH excluding ortho intramolecular Hbond substituents is 1. The molecule has 28 heavy (non-hydrogen) atoms. The Labute approximate surface area is 166 Å². The van der Waals surface area contributed by atoms with Crippen LogP contribution in [0.15, 0.2) is 24.5 Å².